The summed E-state index contributed by atoms with van der Waals surface area (Å²) in [6.45, 7) is 18.2. The van der Waals surface area contributed by atoms with E-state index in [0.29, 0.717) is 55.9 Å². The van der Waals surface area contributed by atoms with Crippen molar-refractivity contribution in [1.82, 2.24) is 10.6 Å². The van der Waals surface area contributed by atoms with Gasteiger partial charge < -0.3 is 25.6 Å². The van der Waals surface area contributed by atoms with Gasteiger partial charge in [0, 0.05) is 13.1 Å². The first-order chi connectivity index (χ1) is 21.7. The highest BCUT2D eigenvalue weighted by molar-refractivity contribution is 5.96. The predicted molar refractivity (Wildman–Crippen MR) is 185 cm³/mol. The van der Waals surface area contributed by atoms with Crippen molar-refractivity contribution in [3.63, 3.8) is 0 Å². The van der Waals surface area contributed by atoms with Crippen LogP contribution in [-0.2, 0) is 20.7 Å². The number of ether oxygens (including phenoxy) is 1. The highest BCUT2D eigenvalue weighted by Crippen LogP contribution is 2.20. The molecule has 0 saturated carbocycles. The Bertz CT molecular complexity index is 1320. The number of esters is 1. The van der Waals surface area contributed by atoms with E-state index in [1.807, 2.05) is 27.7 Å². The minimum absolute atomic E-state index is 0.0220. The zero-order valence-electron chi connectivity index (χ0n) is 28.8. The van der Waals surface area contributed by atoms with Crippen molar-refractivity contribution in [2.75, 3.05) is 19.7 Å². The van der Waals surface area contributed by atoms with Crippen molar-refractivity contribution >= 4 is 17.8 Å². The van der Waals surface area contributed by atoms with Crippen molar-refractivity contribution in [3.05, 3.63) is 95.1 Å². The summed E-state index contributed by atoms with van der Waals surface area (Å²) in [5.74, 6) is 1.43. The maximum atomic E-state index is 11.6. The van der Waals surface area contributed by atoms with Gasteiger partial charge in [0.1, 0.15) is 11.5 Å². The molecule has 0 heterocycles. The second kappa shape index (κ2) is 21.4. The van der Waals surface area contributed by atoms with Gasteiger partial charge in [-0.2, -0.15) is 0 Å². The van der Waals surface area contributed by atoms with Crippen LogP contribution in [0.4, 0.5) is 0 Å². The zero-order valence-corrected chi connectivity index (χ0v) is 28.8. The summed E-state index contributed by atoms with van der Waals surface area (Å²) in [5, 5.41) is 24.0. The third-order valence-corrected chi connectivity index (χ3v) is 6.52. The Morgan fingerprint density at radius 1 is 0.717 bits per heavy atom. The number of phenolic OH excluding ortho intramolecular Hbond substituents is 2. The molecule has 4 N–H and O–H groups in total. The fraction of sp³-hybridized carbons (Fsp3) is 0.447. The molecule has 1 atom stereocenters. The first-order valence-corrected chi connectivity index (χ1v) is 16.0. The van der Waals surface area contributed by atoms with Crippen LogP contribution in [0.15, 0.2) is 72.8 Å². The smallest absolute Gasteiger partial charge is 0.306 e. The van der Waals surface area contributed by atoms with Crippen molar-refractivity contribution in [1.29, 1.82) is 0 Å². The monoisotopic (exact) mass is 634 g/mol. The van der Waals surface area contributed by atoms with Crippen LogP contribution in [0.1, 0.15) is 87.9 Å². The maximum Gasteiger partial charge on any atom is 0.306 e. The van der Waals surface area contributed by atoms with Gasteiger partial charge in [-0.3, -0.25) is 14.4 Å². The van der Waals surface area contributed by atoms with E-state index in [1.165, 1.54) is 17.2 Å². The Morgan fingerprint density at radius 3 is 1.83 bits per heavy atom. The van der Waals surface area contributed by atoms with E-state index >= 15 is 0 Å². The molecular formula is C38H54N2O6. The van der Waals surface area contributed by atoms with Gasteiger partial charge in [-0.05, 0) is 66.0 Å². The lowest BCUT2D eigenvalue weighted by Crippen LogP contribution is -2.28. The van der Waals surface area contributed by atoms with Crippen molar-refractivity contribution in [2.24, 2.45) is 17.8 Å². The number of benzene rings is 3. The molecule has 252 valence electrons. The Morgan fingerprint density at radius 2 is 1.28 bits per heavy atom. The van der Waals surface area contributed by atoms with Gasteiger partial charge in [-0.1, -0.05) is 103 Å². The summed E-state index contributed by atoms with van der Waals surface area (Å²) < 4.78 is 5.18. The van der Waals surface area contributed by atoms with Gasteiger partial charge in [0.15, 0.2) is 0 Å². The fourth-order valence-corrected chi connectivity index (χ4v) is 3.82. The average Bonchev–Trinajstić information content (AvgIpc) is 3.00. The van der Waals surface area contributed by atoms with E-state index in [-0.39, 0.29) is 35.2 Å². The number of aromatic hydroxyl groups is 2. The lowest BCUT2D eigenvalue weighted by Gasteiger charge is -2.12. The standard InChI is InChI=1S/C15H22O2.C12H17NO2.C11H15NO2/c1-11(2)10-17-15(16)9-13(4)14-7-5-12(3)6-8-14;1-9(2)8-13-12(15)7-10-3-5-11(14)6-4-10;1-8(2)7-12-11(14)9-5-3-4-6-10(9)13/h5-8,11,13H,9-10H2,1-4H3;3-6,9,14H,7-8H2,1-2H3,(H,13,15);3-6,8,13H,7H2,1-2H3,(H,12,14). The summed E-state index contributed by atoms with van der Waals surface area (Å²) in [7, 11) is 0. The molecule has 0 aromatic heterocycles. The topological polar surface area (TPSA) is 125 Å². The Balaban J connectivity index is 0.000000347. The van der Waals surface area contributed by atoms with E-state index in [1.54, 1.807) is 42.5 Å². The van der Waals surface area contributed by atoms with Gasteiger partial charge in [0.2, 0.25) is 5.91 Å². The molecule has 0 spiro atoms. The quantitative estimate of drug-likeness (QED) is 0.157. The molecule has 0 aliphatic rings. The number of carbonyl (C=O) groups excluding carboxylic acids is 3. The Labute approximate surface area is 275 Å². The van der Waals surface area contributed by atoms with Gasteiger partial charge >= 0.3 is 5.97 Å². The van der Waals surface area contributed by atoms with E-state index in [9.17, 15) is 19.5 Å². The van der Waals surface area contributed by atoms with Crippen LogP contribution in [0, 0.1) is 24.7 Å². The minimum atomic E-state index is -0.225. The van der Waals surface area contributed by atoms with Gasteiger partial charge in [0.05, 0.1) is 25.0 Å². The number of carbonyl (C=O) groups is 3. The van der Waals surface area contributed by atoms with Crippen LogP contribution >= 0.6 is 0 Å². The summed E-state index contributed by atoms with van der Waals surface area (Å²) >= 11 is 0. The first-order valence-electron chi connectivity index (χ1n) is 16.0. The predicted octanol–water partition coefficient (Wildman–Crippen LogP) is 7.17. The highest BCUT2D eigenvalue weighted by atomic mass is 16.5. The normalized spacial score (nSPS) is 11.1. The Kier molecular flexibility index (Phi) is 18.5. The van der Waals surface area contributed by atoms with Crippen LogP contribution < -0.4 is 10.6 Å². The molecule has 0 radical (unpaired) electrons. The molecule has 1 unspecified atom stereocenters. The summed E-state index contributed by atoms with van der Waals surface area (Å²) in [6, 6.07) is 21.5. The molecule has 2 amide bonds. The Hall–Kier alpha value is -4.33. The lowest BCUT2D eigenvalue weighted by atomic mass is 9.97. The van der Waals surface area contributed by atoms with E-state index in [4.69, 9.17) is 9.84 Å². The van der Waals surface area contributed by atoms with Crippen LogP contribution in [0.25, 0.3) is 0 Å². The molecule has 8 nitrogen and oxygen atoms in total. The van der Waals surface area contributed by atoms with Crippen molar-refractivity contribution in [2.45, 2.75) is 74.1 Å². The molecule has 0 aliphatic heterocycles. The SMILES string of the molecule is CC(C)CNC(=O)Cc1ccc(O)cc1.CC(C)CNC(=O)c1ccccc1O.Cc1ccc(C(C)CC(=O)OCC(C)C)cc1. The highest BCUT2D eigenvalue weighted by Gasteiger charge is 2.13. The van der Waals surface area contributed by atoms with E-state index in [2.05, 4.69) is 62.6 Å². The number of rotatable bonds is 12. The van der Waals surface area contributed by atoms with Crippen molar-refractivity contribution < 1.29 is 29.3 Å². The van der Waals surface area contributed by atoms with Crippen molar-refractivity contribution in [3.8, 4) is 11.5 Å². The molecule has 3 aromatic carbocycles. The van der Waals surface area contributed by atoms with Gasteiger partial charge in [-0.15, -0.1) is 0 Å². The largest absolute Gasteiger partial charge is 0.508 e. The average molecular weight is 635 g/mol. The van der Waals surface area contributed by atoms with Crippen LogP contribution in [0.3, 0.4) is 0 Å². The number of phenols is 2. The van der Waals surface area contributed by atoms with Crippen LogP contribution in [0.5, 0.6) is 11.5 Å². The second-order valence-corrected chi connectivity index (χ2v) is 12.8. The summed E-state index contributed by atoms with van der Waals surface area (Å²) in [4.78, 5) is 34.5. The molecule has 0 aliphatic carbocycles. The molecule has 46 heavy (non-hydrogen) atoms. The van der Waals surface area contributed by atoms with E-state index < -0.39 is 0 Å². The molecule has 3 rings (SSSR count). The number of amides is 2. The lowest BCUT2D eigenvalue weighted by molar-refractivity contribution is -0.145. The summed E-state index contributed by atoms with van der Waals surface area (Å²) in [6.07, 6.45) is 0.822. The number of nitrogens with one attached hydrogen (secondary N) is 2. The van der Waals surface area contributed by atoms with Gasteiger partial charge in [-0.25, -0.2) is 0 Å². The molecule has 8 heteroatoms. The number of hydrogen-bond donors (Lipinski definition) is 4. The number of hydrogen-bond acceptors (Lipinski definition) is 6. The van der Waals surface area contributed by atoms with Crippen LogP contribution in [0.2, 0.25) is 0 Å². The zero-order chi connectivity index (χ0) is 34.6. The number of aryl methyl sites for hydroxylation is 1. The van der Waals surface area contributed by atoms with Gasteiger partial charge in [0.25, 0.3) is 5.91 Å². The molecular weight excluding hydrogens is 580 g/mol. The molecule has 0 bridgehead atoms. The minimum Gasteiger partial charge on any atom is -0.508 e. The maximum absolute atomic E-state index is 11.6. The fourth-order valence-electron chi connectivity index (χ4n) is 3.82. The third-order valence-electron chi connectivity index (χ3n) is 6.52. The second-order valence-electron chi connectivity index (χ2n) is 12.8. The summed E-state index contributed by atoms with van der Waals surface area (Å²) in [5.41, 5.74) is 3.67. The van der Waals surface area contributed by atoms with E-state index in [0.717, 1.165) is 5.56 Å². The third kappa shape index (κ3) is 17.8. The molecule has 0 fully saturated rings. The number of para-hydroxylation sites is 1. The first kappa shape index (κ1) is 39.7. The van der Waals surface area contributed by atoms with Crippen LogP contribution in [-0.4, -0.2) is 47.7 Å². The molecule has 0 saturated heterocycles. The molecule has 3 aromatic rings.